The maximum Gasteiger partial charge on any atom is 0.433 e. The molecule has 0 spiro atoms. The minimum Gasteiger partial charge on any atom is -0.399 e. The van der Waals surface area contributed by atoms with Crippen LogP contribution in [-0.2, 0) is 0 Å². The monoisotopic (exact) mass is 244 g/mol. The molecule has 0 radical (unpaired) electrons. The molecular weight excluding hydrogens is 234 g/mol. The van der Waals surface area contributed by atoms with Crippen LogP contribution in [0.4, 0.5) is 5.88 Å². The van der Waals surface area contributed by atoms with Crippen LogP contribution in [-0.4, -0.2) is 10.6 Å². The van der Waals surface area contributed by atoms with Crippen LogP contribution in [0.2, 0.25) is 0 Å². The molecule has 1 aromatic heterocycles. The molecule has 1 atom stereocenters. The number of rotatable bonds is 3. The summed E-state index contributed by atoms with van der Waals surface area (Å²) >= 11 is 0. The van der Waals surface area contributed by atoms with E-state index in [9.17, 15) is 10.1 Å². The standard InChI is InChI=1S/C12H10N3O3/c16-15(17)12-6-5-11(18-12)10-7-9(13-14-10)8-3-1-2-4-8/h1-6,9,13H,7H2/q-1. The average Bonchev–Trinajstić information content (AvgIpc) is 3.10. The molecule has 1 N–H and O–H groups in total. The molecule has 18 heavy (non-hydrogen) atoms. The highest BCUT2D eigenvalue weighted by molar-refractivity contribution is 5.99. The number of nitro groups is 1. The SMILES string of the molecule is O=[N+]([O-])c1ccc(C2=NNC(c3cc[cH-]c3)C2)o1. The summed E-state index contributed by atoms with van der Waals surface area (Å²) in [5.41, 5.74) is 4.86. The molecule has 0 aliphatic carbocycles. The summed E-state index contributed by atoms with van der Waals surface area (Å²) in [6.07, 6.45) is 0.661. The summed E-state index contributed by atoms with van der Waals surface area (Å²) in [5.74, 6) is 0.188. The molecule has 0 fully saturated rings. The zero-order valence-corrected chi connectivity index (χ0v) is 9.37. The molecule has 0 saturated carbocycles. The quantitative estimate of drug-likeness (QED) is 0.510. The third-order valence-electron chi connectivity index (χ3n) is 2.90. The van der Waals surface area contributed by atoms with Crippen molar-refractivity contribution in [2.45, 2.75) is 12.5 Å². The number of hydrogen-bond donors (Lipinski definition) is 1. The molecule has 1 aliphatic rings. The smallest absolute Gasteiger partial charge is 0.399 e. The minimum atomic E-state index is -0.554. The highest BCUT2D eigenvalue weighted by atomic mass is 16.6. The lowest BCUT2D eigenvalue weighted by Gasteiger charge is -2.13. The van der Waals surface area contributed by atoms with Gasteiger partial charge in [0, 0.05) is 12.5 Å². The van der Waals surface area contributed by atoms with Gasteiger partial charge in [0.05, 0.1) is 6.07 Å². The number of hydrazone groups is 1. The zero-order chi connectivity index (χ0) is 12.5. The summed E-state index contributed by atoms with van der Waals surface area (Å²) < 4.78 is 5.12. The van der Waals surface area contributed by atoms with Crippen molar-refractivity contribution < 1.29 is 9.34 Å². The van der Waals surface area contributed by atoms with E-state index in [0.29, 0.717) is 17.9 Å². The van der Waals surface area contributed by atoms with Crippen molar-refractivity contribution in [3.8, 4) is 0 Å². The summed E-state index contributed by atoms with van der Waals surface area (Å²) in [6.45, 7) is 0. The first kappa shape index (κ1) is 10.6. The van der Waals surface area contributed by atoms with Crippen LogP contribution in [0.25, 0.3) is 0 Å². The van der Waals surface area contributed by atoms with Gasteiger partial charge in [0.1, 0.15) is 10.6 Å². The van der Waals surface area contributed by atoms with E-state index >= 15 is 0 Å². The highest BCUT2D eigenvalue weighted by Gasteiger charge is 2.22. The Balaban J connectivity index is 1.77. The molecule has 6 nitrogen and oxygen atoms in total. The van der Waals surface area contributed by atoms with E-state index in [-0.39, 0.29) is 11.9 Å². The van der Waals surface area contributed by atoms with Crippen molar-refractivity contribution >= 4 is 11.6 Å². The Morgan fingerprint density at radius 2 is 2.39 bits per heavy atom. The van der Waals surface area contributed by atoms with Crippen LogP contribution in [0.15, 0.2) is 45.9 Å². The minimum absolute atomic E-state index is 0.110. The normalized spacial score (nSPS) is 18.4. The second kappa shape index (κ2) is 4.06. The molecule has 92 valence electrons. The fourth-order valence-corrected chi connectivity index (χ4v) is 1.99. The number of hydrogen-bond acceptors (Lipinski definition) is 5. The summed E-state index contributed by atoms with van der Waals surface area (Å²) in [4.78, 5) is 9.98. The Morgan fingerprint density at radius 3 is 3.06 bits per heavy atom. The van der Waals surface area contributed by atoms with Crippen LogP contribution < -0.4 is 5.43 Å². The Labute approximate surface area is 102 Å². The van der Waals surface area contributed by atoms with Crippen LogP contribution in [0.3, 0.4) is 0 Å². The van der Waals surface area contributed by atoms with Crippen LogP contribution in [0.1, 0.15) is 23.8 Å². The van der Waals surface area contributed by atoms with E-state index in [0.717, 1.165) is 5.56 Å². The fraction of sp³-hybridized carbons (Fsp3) is 0.167. The van der Waals surface area contributed by atoms with Crippen LogP contribution in [0, 0.1) is 10.1 Å². The molecule has 1 aromatic carbocycles. The van der Waals surface area contributed by atoms with E-state index in [2.05, 4.69) is 10.5 Å². The van der Waals surface area contributed by atoms with Gasteiger partial charge >= 0.3 is 5.88 Å². The number of nitrogens with one attached hydrogen (secondary N) is 1. The van der Waals surface area contributed by atoms with Gasteiger partial charge in [0.15, 0.2) is 5.76 Å². The van der Waals surface area contributed by atoms with Crippen LogP contribution >= 0.6 is 0 Å². The van der Waals surface area contributed by atoms with E-state index in [1.165, 1.54) is 6.07 Å². The molecule has 1 aliphatic heterocycles. The number of furan rings is 1. The van der Waals surface area contributed by atoms with Gasteiger partial charge in [0.25, 0.3) is 0 Å². The van der Waals surface area contributed by atoms with Gasteiger partial charge in [-0.2, -0.15) is 28.9 Å². The third kappa shape index (κ3) is 1.77. The molecule has 6 heteroatoms. The lowest BCUT2D eigenvalue weighted by Crippen LogP contribution is -2.08. The Bertz CT molecular complexity index is 598. The predicted molar refractivity (Wildman–Crippen MR) is 64.4 cm³/mol. The van der Waals surface area contributed by atoms with Gasteiger partial charge < -0.3 is 9.84 Å². The Morgan fingerprint density at radius 1 is 1.50 bits per heavy atom. The van der Waals surface area contributed by atoms with Gasteiger partial charge in [-0.3, -0.25) is 10.1 Å². The first-order valence-electron chi connectivity index (χ1n) is 5.52. The van der Waals surface area contributed by atoms with Crippen molar-refractivity contribution in [1.29, 1.82) is 0 Å². The third-order valence-corrected chi connectivity index (χ3v) is 2.90. The van der Waals surface area contributed by atoms with Gasteiger partial charge in [-0.25, -0.2) is 6.07 Å². The molecule has 2 heterocycles. The summed E-state index contributed by atoms with van der Waals surface area (Å²) in [5, 5.41) is 14.7. The zero-order valence-electron chi connectivity index (χ0n) is 9.37. The molecule has 0 bridgehead atoms. The van der Waals surface area contributed by atoms with E-state index in [1.54, 1.807) is 6.07 Å². The van der Waals surface area contributed by atoms with E-state index in [4.69, 9.17) is 4.42 Å². The van der Waals surface area contributed by atoms with Crippen molar-refractivity contribution in [3.63, 3.8) is 0 Å². The first-order chi connectivity index (χ1) is 8.74. The molecular formula is C12H10N3O3-. The lowest BCUT2D eigenvalue weighted by molar-refractivity contribution is -0.402. The lowest BCUT2D eigenvalue weighted by atomic mass is 10.0. The van der Waals surface area contributed by atoms with Crippen LogP contribution in [0.5, 0.6) is 0 Å². The fourth-order valence-electron chi connectivity index (χ4n) is 1.99. The second-order valence-corrected chi connectivity index (χ2v) is 4.06. The Hall–Kier alpha value is -2.50. The van der Waals surface area contributed by atoms with E-state index < -0.39 is 4.92 Å². The van der Waals surface area contributed by atoms with E-state index in [1.807, 2.05) is 24.3 Å². The van der Waals surface area contributed by atoms with Gasteiger partial charge in [-0.15, -0.1) is 0 Å². The van der Waals surface area contributed by atoms with Gasteiger partial charge in [0.2, 0.25) is 0 Å². The molecule has 1 unspecified atom stereocenters. The topological polar surface area (TPSA) is 80.7 Å². The molecule has 3 rings (SSSR count). The largest absolute Gasteiger partial charge is 0.433 e. The van der Waals surface area contributed by atoms with Crippen molar-refractivity contribution in [2.75, 3.05) is 0 Å². The average molecular weight is 244 g/mol. The van der Waals surface area contributed by atoms with Gasteiger partial charge in [-0.1, -0.05) is 0 Å². The van der Waals surface area contributed by atoms with Crippen molar-refractivity contribution in [3.05, 3.63) is 57.8 Å². The van der Waals surface area contributed by atoms with Crippen molar-refractivity contribution in [1.82, 2.24) is 5.43 Å². The van der Waals surface area contributed by atoms with Gasteiger partial charge in [-0.05, 0) is 6.07 Å². The highest BCUT2D eigenvalue weighted by Crippen LogP contribution is 2.26. The number of nitrogens with zero attached hydrogens (tertiary/aromatic N) is 2. The molecule has 2 aromatic rings. The molecule has 0 saturated heterocycles. The maximum absolute atomic E-state index is 10.5. The van der Waals surface area contributed by atoms with Crippen molar-refractivity contribution in [2.24, 2.45) is 5.10 Å². The predicted octanol–water partition coefficient (Wildman–Crippen LogP) is 2.35. The summed E-state index contributed by atoms with van der Waals surface area (Å²) in [7, 11) is 0. The maximum atomic E-state index is 10.5. The molecule has 0 amide bonds. The Kier molecular flexibility index (Phi) is 2.40. The summed E-state index contributed by atoms with van der Waals surface area (Å²) in [6, 6.07) is 11.0. The first-order valence-corrected chi connectivity index (χ1v) is 5.52. The second-order valence-electron chi connectivity index (χ2n) is 4.06.